The van der Waals surface area contributed by atoms with E-state index in [0.717, 1.165) is 25.9 Å². The van der Waals surface area contributed by atoms with Crippen molar-refractivity contribution in [3.05, 3.63) is 50.2 Å². The van der Waals surface area contributed by atoms with Crippen molar-refractivity contribution in [1.82, 2.24) is 9.78 Å². The number of aliphatic hydroxyl groups is 1. The van der Waals surface area contributed by atoms with Gasteiger partial charge in [0.05, 0.1) is 22.0 Å². The fourth-order valence-corrected chi connectivity index (χ4v) is 2.99. The van der Waals surface area contributed by atoms with E-state index in [9.17, 15) is 5.11 Å². The lowest BCUT2D eigenvalue weighted by Gasteiger charge is -2.13. The minimum Gasteiger partial charge on any atom is -0.388 e. The molecule has 2 rings (SSSR count). The highest BCUT2D eigenvalue weighted by molar-refractivity contribution is 9.10. The van der Waals surface area contributed by atoms with Gasteiger partial charge in [-0.25, -0.2) is 0 Å². The van der Waals surface area contributed by atoms with Crippen LogP contribution in [-0.2, 0) is 13.5 Å². The first-order valence-electron chi connectivity index (χ1n) is 5.61. The molecule has 0 radical (unpaired) electrons. The predicted octanol–water partition coefficient (Wildman–Crippen LogP) is 3.53. The molecule has 0 fully saturated rings. The zero-order valence-electron chi connectivity index (χ0n) is 10.2. The molecular weight excluding hydrogens is 360 g/mol. The van der Waals surface area contributed by atoms with Crippen LogP contribution in [0.3, 0.4) is 0 Å². The van der Waals surface area contributed by atoms with Gasteiger partial charge in [-0.3, -0.25) is 4.68 Å². The first kappa shape index (κ1) is 13.8. The second kappa shape index (κ2) is 5.55. The molecule has 18 heavy (non-hydrogen) atoms. The van der Waals surface area contributed by atoms with Gasteiger partial charge in [-0.15, -0.1) is 0 Å². The molecule has 0 spiro atoms. The molecule has 5 heteroatoms. The van der Waals surface area contributed by atoms with Gasteiger partial charge in [-0.05, 0) is 34.5 Å². The maximum atomic E-state index is 10.3. The maximum Gasteiger partial charge on any atom is 0.0856 e. The smallest absolute Gasteiger partial charge is 0.0856 e. The number of hydrogen-bond donors (Lipinski definition) is 1. The Balaban J connectivity index is 2.27. The number of aryl methyl sites for hydroxylation is 2. The molecule has 0 aliphatic rings. The molecule has 0 bridgehead atoms. The summed E-state index contributed by atoms with van der Waals surface area (Å²) >= 11 is 6.97. The number of aliphatic hydroxyl groups excluding tert-OH is 1. The lowest BCUT2D eigenvalue weighted by Crippen LogP contribution is -2.07. The maximum absolute atomic E-state index is 10.3. The fraction of sp³-hybridized carbons (Fsp3) is 0.308. The molecule has 1 unspecified atom stereocenters. The van der Waals surface area contributed by atoms with Crippen molar-refractivity contribution in [3.63, 3.8) is 0 Å². The minimum absolute atomic E-state index is 0.528. The Bertz CT molecular complexity index is 566. The van der Waals surface area contributed by atoms with Crippen molar-refractivity contribution in [2.24, 2.45) is 7.05 Å². The molecule has 1 heterocycles. The van der Waals surface area contributed by atoms with E-state index in [1.807, 2.05) is 38.2 Å². The average molecular weight is 374 g/mol. The standard InChI is InChI=1S/C13H14Br2N2O/c1-8-13(15)11(17(2)16-8)7-12(18)9-5-3-4-6-10(9)14/h3-6,12,18H,7H2,1-2H3. The van der Waals surface area contributed by atoms with Gasteiger partial charge in [0.25, 0.3) is 0 Å². The van der Waals surface area contributed by atoms with Crippen LogP contribution in [0.4, 0.5) is 0 Å². The SMILES string of the molecule is Cc1nn(C)c(CC(O)c2ccccc2Br)c1Br. The van der Waals surface area contributed by atoms with Gasteiger partial charge in [-0.2, -0.15) is 5.10 Å². The quantitative estimate of drug-likeness (QED) is 0.893. The lowest BCUT2D eigenvalue weighted by atomic mass is 10.0. The normalized spacial score (nSPS) is 12.7. The van der Waals surface area contributed by atoms with E-state index in [2.05, 4.69) is 37.0 Å². The molecule has 1 N–H and O–H groups in total. The van der Waals surface area contributed by atoms with Crippen LogP contribution < -0.4 is 0 Å². The summed E-state index contributed by atoms with van der Waals surface area (Å²) in [4.78, 5) is 0. The minimum atomic E-state index is -0.549. The Labute approximate surface area is 123 Å². The van der Waals surface area contributed by atoms with Crippen LogP contribution in [0, 0.1) is 6.92 Å². The summed E-state index contributed by atoms with van der Waals surface area (Å²) < 4.78 is 3.70. The third-order valence-electron chi connectivity index (χ3n) is 2.91. The van der Waals surface area contributed by atoms with Gasteiger partial charge >= 0.3 is 0 Å². The highest BCUT2D eigenvalue weighted by atomic mass is 79.9. The molecule has 1 aromatic carbocycles. The Morgan fingerprint density at radius 2 is 2.00 bits per heavy atom. The summed E-state index contributed by atoms with van der Waals surface area (Å²) in [7, 11) is 1.89. The summed E-state index contributed by atoms with van der Waals surface area (Å²) in [5.41, 5.74) is 2.82. The zero-order valence-corrected chi connectivity index (χ0v) is 13.4. The van der Waals surface area contributed by atoms with E-state index in [0.29, 0.717) is 6.42 Å². The number of nitrogens with zero attached hydrogens (tertiary/aromatic N) is 2. The number of rotatable bonds is 3. The van der Waals surface area contributed by atoms with Gasteiger partial charge < -0.3 is 5.11 Å². The summed E-state index contributed by atoms with van der Waals surface area (Å²) in [6.45, 7) is 1.94. The summed E-state index contributed by atoms with van der Waals surface area (Å²) in [5.74, 6) is 0. The first-order chi connectivity index (χ1) is 8.50. The van der Waals surface area contributed by atoms with Crippen LogP contribution in [0.1, 0.15) is 23.1 Å². The molecule has 2 aromatic rings. The number of benzene rings is 1. The third kappa shape index (κ3) is 2.68. The molecule has 0 saturated heterocycles. The molecule has 1 aromatic heterocycles. The summed E-state index contributed by atoms with van der Waals surface area (Å²) in [6, 6.07) is 7.71. The van der Waals surface area contributed by atoms with Crippen molar-refractivity contribution in [2.75, 3.05) is 0 Å². The van der Waals surface area contributed by atoms with E-state index < -0.39 is 6.10 Å². The van der Waals surface area contributed by atoms with Crippen LogP contribution in [0.15, 0.2) is 33.2 Å². The fourth-order valence-electron chi connectivity index (χ4n) is 1.94. The van der Waals surface area contributed by atoms with Gasteiger partial charge in [0.15, 0.2) is 0 Å². The Hall–Kier alpha value is -0.650. The molecule has 0 saturated carbocycles. The zero-order chi connectivity index (χ0) is 13.3. The molecule has 0 amide bonds. The number of hydrogen-bond acceptors (Lipinski definition) is 2. The summed E-state index contributed by atoms with van der Waals surface area (Å²) in [6.07, 6.45) is -0.0211. The van der Waals surface area contributed by atoms with Crippen LogP contribution in [-0.4, -0.2) is 14.9 Å². The number of halogens is 2. The monoisotopic (exact) mass is 372 g/mol. The first-order valence-corrected chi connectivity index (χ1v) is 7.19. The molecule has 1 atom stereocenters. The summed E-state index contributed by atoms with van der Waals surface area (Å²) in [5, 5.41) is 14.6. The third-order valence-corrected chi connectivity index (χ3v) is 4.67. The van der Waals surface area contributed by atoms with Crippen molar-refractivity contribution in [2.45, 2.75) is 19.4 Å². The van der Waals surface area contributed by atoms with Crippen LogP contribution in [0.5, 0.6) is 0 Å². The lowest BCUT2D eigenvalue weighted by molar-refractivity contribution is 0.175. The molecule has 96 valence electrons. The molecule has 0 aliphatic carbocycles. The second-order valence-corrected chi connectivity index (χ2v) is 5.86. The van der Waals surface area contributed by atoms with Crippen molar-refractivity contribution in [1.29, 1.82) is 0 Å². The molecule has 0 aliphatic heterocycles. The van der Waals surface area contributed by atoms with E-state index >= 15 is 0 Å². The largest absolute Gasteiger partial charge is 0.388 e. The Morgan fingerprint density at radius 1 is 1.33 bits per heavy atom. The average Bonchev–Trinajstić information content (AvgIpc) is 2.56. The number of aromatic nitrogens is 2. The van der Waals surface area contributed by atoms with Crippen molar-refractivity contribution < 1.29 is 5.11 Å². The molecular formula is C13H14Br2N2O. The van der Waals surface area contributed by atoms with Crippen LogP contribution >= 0.6 is 31.9 Å². The highest BCUT2D eigenvalue weighted by Crippen LogP contribution is 2.29. The van der Waals surface area contributed by atoms with E-state index in [1.54, 1.807) is 4.68 Å². The van der Waals surface area contributed by atoms with Crippen LogP contribution in [0.25, 0.3) is 0 Å². The van der Waals surface area contributed by atoms with Gasteiger partial charge in [0, 0.05) is 17.9 Å². The van der Waals surface area contributed by atoms with Crippen LogP contribution in [0.2, 0.25) is 0 Å². The van der Waals surface area contributed by atoms with Gasteiger partial charge in [0.1, 0.15) is 0 Å². The highest BCUT2D eigenvalue weighted by Gasteiger charge is 2.17. The van der Waals surface area contributed by atoms with E-state index in [4.69, 9.17) is 0 Å². The Morgan fingerprint density at radius 3 is 2.56 bits per heavy atom. The van der Waals surface area contributed by atoms with Gasteiger partial charge in [0.2, 0.25) is 0 Å². The van der Waals surface area contributed by atoms with Crippen molar-refractivity contribution in [3.8, 4) is 0 Å². The van der Waals surface area contributed by atoms with E-state index in [-0.39, 0.29) is 0 Å². The second-order valence-electron chi connectivity index (χ2n) is 4.21. The van der Waals surface area contributed by atoms with E-state index in [1.165, 1.54) is 0 Å². The predicted molar refractivity (Wildman–Crippen MR) is 78.5 cm³/mol. The van der Waals surface area contributed by atoms with Gasteiger partial charge in [-0.1, -0.05) is 34.1 Å². The van der Waals surface area contributed by atoms with Crippen molar-refractivity contribution >= 4 is 31.9 Å². The molecule has 3 nitrogen and oxygen atoms in total. The topological polar surface area (TPSA) is 38.0 Å². The Kier molecular flexibility index (Phi) is 4.25.